The second-order valence-electron chi connectivity index (χ2n) is 13.2. The Balaban J connectivity index is 0.896. The first-order valence-corrected chi connectivity index (χ1v) is 17.2. The van der Waals surface area contributed by atoms with Crippen LogP contribution in [0, 0.1) is 5.92 Å². The van der Waals surface area contributed by atoms with Gasteiger partial charge < -0.3 is 14.5 Å². The van der Waals surface area contributed by atoms with Crippen LogP contribution in [0.15, 0.2) is 84.9 Å². The van der Waals surface area contributed by atoms with Gasteiger partial charge in [0.05, 0.1) is 5.69 Å². The molecule has 3 aromatic carbocycles. The van der Waals surface area contributed by atoms with Crippen molar-refractivity contribution in [2.45, 2.75) is 76.7 Å². The van der Waals surface area contributed by atoms with Gasteiger partial charge in [-0.2, -0.15) is 0 Å². The van der Waals surface area contributed by atoms with Gasteiger partial charge in [0.2, 0.25) is 0 Å². The lowest BCUT2D eigenvalue weighted by Gasteiger charge is -2.38. The number of nitrogens with zero attached hydrogens (tertiary/aromatic N) is 2. The quantitative estimate of drug-likeness (QED) is 0.146. The molecule has 0 atom stereocenters. The summed E-state index contributed by atoms with van der Waals surface area (Å²) in [4.78, 5) is 30.7. The van der Waals surface area contributed by atoms with Crippen LogP contribution in [0.4, 0.5) is 10.5 Å². The van der Waals surface area contributed by atoms with E-state index in [9.17, 15) is 9.59 Å². The summed E-state index contributed by atoms with van der Waals surface area (Å²) in [5, 5.41) is 3.00. The molecule has 2 fully saturated rings. The lowest BCUT2D eigenvalue weighted by Crippen LogP contribution is -2.46. The number of carbonyl (C=O) groups excluding carboxylic acids is 2. The van der Waals surface area contributed by atoms with Gasteiger partial charge in [-0.15, -0.1) is 0 Å². The molecule has 240 valence electrons. The predicted molar refractivity (Wildman–Crippen MR) is 184 cm³/mol. The van der Waals surface area contributed by atoms with Crippen molar-refractivity contribution in [3.8, 4) is 11.1 Å². The Morgan fingerprint density at radius 3 is 1.89 bits per heavy atom. The number of ketones is 1. The first-order valence-electron chi connectivity index (χ1n) is 17.2. The fourth-order valence-electron chi connectivity index (χ4n) is 6.81. The van der Waals surface area contributed by atoms with E-state index in [4.69, 9.17) is 4.74 Å². The second kappa shape index (κ2) is 16.7. The minimum Gasteiger partial charge on any atom is -0.443 e. The summed E-state index contributed by atoms with van der Waals surface area (Å²) in [5.41, 5.74) is 3.26. The number of hydrogen-bond donors (Lipinski definition) is 1. The van der Waals surface area contributed by atoms with Crippen molar-refractivity contribution in [1.29, 1.82) is 0 Å². The molecule has 2 heterocycles. The predicted octanol–water partition coefficient (Wildman–Crippen LogP) is 8.69. The van der Waals surface area contributed by atoms with E-state index in [1.165, 1.54) is 45.1 Å². The molecular weight excluding hydrogens is 558 g/mol. The number of Topliss-reactive ketones (excluding diaryl/α,β-unsaturated/α-hetero) is 1. The average molecular weight is 610 g/mol. The van der Waals surface area contributed by atoms with Crippen LogP contribution in [0.1, 0.15) is 81.5 Å². The maximum absolute atomic E-state index is 12.9. The van der Waals surface area contributed by atoms with E-state index in [0.717, 1.165) is 80.8 Å². The fraction of sp³-hybridized carbons (Fsp3) is 0.487. The third kappa shape index (κ3) is 10.0. The maximum Gasteiger partial charge on any atom is 0.412 e. The van der Waals surface area contributed by atoms with Gasteiger partial charge in [-0.3, -0.25) is 10.1 Å². The second-order valence-corrected chi connectivity index (χ2v) is 13.2. The molecular formula is C39H51N3O3. The van der Waals surface area contributed by atoms with E-state index in [2.05, 4.69) is 22.0 Å². The number of piperidine rings is 2. The third-order valence-electron chi connectivity index (χ3n) is 9.72. The van der Waals surface area contributed by atoms with Crippen LogP contribution in [0.3, 0.4) is 0 Å². The van der Waals surface area contributed by atoms with Gasteiger partial charge in [0.25, 0.3) is 0 Å². The monoisotopic (exact) mass is 609 g/mol. The van der Waals surface area contributed by atoms with Crippen LogP contribution in [0.25, 0.3) is 11.1 Å². The third-order valence-corrected chi connectivity index (χ3v) is 9.72. The van der Waals surface area contributed by atoms with Crippen molar-refractivity contribution in [3.63, 3.8) is 0 Å². The van der Waals surface area contributed by atoms with Crippen molar-refractivity contribution in [3.05, 3.63) is 90.5 Å². The van der Waals surface area contributed by atoms with Crippen LogP contribution in [0.5, 0.6) is 0 Å². The summed E-state index contributed by atoms with van der Waals surface area (Å²) in [6, 6.07) is 27.7. The fourth-order valence-corrected chi connectivity index (χ4v) is 6.81. The molecule has 6 nitrogen and oxygen atoms in total. The molecule has 3 aromatic rings. The number of ether oxygens (including phenoxy) is 1. The van der Waals surface area contributed by atoms with Gasteiger partial charge in [-0.25, -0.2) is 4.79 Å². The normalized spacial score (nSPS) is 17.5. The largest absolute Gasteiger partial charge is 0.443 e. The smallest absolute Gasteiger partial charge is 0.412 e. The zero-order valence-corrected chi connectivity index (χ0v) is 27.1. The van der Waals surface area contributed by atoms with Crippen molar-refractivity contribution >= 4 is 17.6 Å². The highest BCUT2D eigenvalue weighted by molar-refractivity contribution is 5.97. The molecule has 0 aliphatic carbocycles. The molecule has 6 heteroatoms. The van der Waals surface area contributed by atoms with Crippen LogP contribution in [-0.4, -0.2) is 66.5 Å². The molecule has 2 aliphatic heterocycles. The Morgan fingerprint density at radius 2 is 1.24 bits per heavy atom. The maximum atomic E-state index is 12.9. The number of nitrogens with one attached hydrogen (secondary N) is 1. The summed E-state index contributed by atoms with van der Waals surface area (Å²) >= 11 is 0. The van der Waals surface area contributed by atoms with Crippen molar-refractivity contribution < 1.29 is 14.3 Å². The van der Waals surface area contributed by atoms with Crippen molar-refractivity contribution in [1.82, 2.24) is 9.80 Å². The molecule has 2 aliphatic rings. The summed E-state index contributed by atoms with van der Waals surface area (Å²) in [6.45, 7) is 8.41. The highest BCUT2D eigenvalue weighted by Crippen LogP contribution is 2.30. The van der Waals surface area contributed by atoms with Gasteiger partial charge in [0, 0.05) is 30.1 Å². The zero-order valence-electron chi connectivity index (χ0n) is 27.1. The first-order chi connectivity index (χ1) is 22.0. The van der Waals surface area contributed by atoms with E-state index in [1.54, 1.807) is 0 Å². The van der Waals surface area contributed by atoms with E-state index >= 15 is 0 Å². The Morgan fingerprint density at radius 1 is 0.711 bits per heavy atom. The summed E-state index contributed by atoms with van der Waals surface area (Å²) in [7, 11) is 0. The number of rotatable bonds is 14. The van der Waals surface area contributed by atoms with Crippen LogP contribution in [0.2, 0.25) is 0 Å². The number of unbranched alkanes of at least 4 members (excludes halogenated alkanes) is 5. The Kier molecular flexibility index (Phi) is 12.2. The van der Waals surface area contributed by atoms with Gasteiger partial charge in [0.1, 0.15) is 5.60 Å². The van der Waals surface area contributed by atoms with Gasteiger partial charge in [-0.1, -0.05) is 105 Å². The minimum atomic E-state index is -0.436. The topological polar surface area (TPSA) is 61.9 Å². The van der Waals surface area contributed by atoms with Crippen LogP contribution < -0.4 is 5.32 Å². The number of likely N-dealkylation sites (tertiary alicyclic amines) is 2. The lowest BCUT2D eigenvalue weighted by molar-refractivity contribution is -0.0163. The Hall–Kier alpha value is -3.48. The van der Waals surface area contributed by atoms with Gasteiger partial charge in [-0.05, 0) is 83.3 Å². The number of hydrogen-bond acceptors (Lipinski definition) is 5. The van der Waals surface area contributed by atoms with Gasteiger partial charge in [0.15, 0.2) is 5.78 Å². The standard InChI is InChI=1S/C39H51N3O3/c1-39(45-38(44)40-36-21-13-12-20-35(36)32-16-8-6-9-17-32)24-30-42(31-25-39)27-15-5-3-2-4-14-26-41-28-22-34(23-29-41)37(43)33-18-10-7-11-19-33/h6-13,16-21,34H,2-5,14-15,22-31H2,1H3,(H,40,44). The van der Waals surface area contributed by atoms with E-state index in [-0.39, 0.29) is 12.0 Å². The lowest BCUT2D eigenvalue weighted by atomic mass is 9.89. The summed E-state index contributed by atoms with van der Waals surface area (Å²) in [5.74, 6) is 0.517. The molecule has 0 spiro atoms. The molecule has 0 saturated carbocycles. The number of benzene rings is 3. The molecule has 2 saturated heterocycles. The number of para-hydroxylation sites is 1. The van der Waals surface area contributed by atoms with Crippen molar-refractivity contribution in [2.75, 3.05) is 44.6 Å². The summed E-state index contributed by atoms with van der Waals surface area (Å²) in [6.07, 6.45) is 11.0. The molecule has 0 aromatic heterocycles. The molecule has 1 N–H and O–H groups in total. The summed E-state index contributed by atoms with van der Waals surface area (Å²) < 4.78 is 5.99. The minimum absolute atomic E-state index is 0.192. The number of anilines is 1. The molecule has 5 rings (SSSR count). The van der Waals surface area contributed by atoms with E-state index < -0.39 is 5.60 Å². The molecule has 0 bridgehead atoms. The van der Waals surface area contributed by atoms with Gasteiger partial charge >= 0.3 is 6.09 Å². The first kappa shape index (κ1) is 32.9. The molecule has 0 unspecified atom stereocenters. The average Bonchev–Trinajstić information content (AvgIpc) is 3.07. The van der Waals surface area contributed by atoms with E-state index in [1.807, 2.05) is 84.9 Å². The Bertz CT molecular complexity index is 1330. The molecule has 0 radical (unpaired) electrons. The van der Waals surface area contributed by atoms with Crippen LogP contribution >= 0.6 is 0 Å². The molecule has 1 amide bonds. The molecule has 45 heavy (non-hydrogen) atoms. The SMILES string of the molecule is CC1(OC(=O)Nc2ccccc2-c2ccccc2)CCN(CCCCCCCCN2CCC(C(=O)c3ccccc3)CC2)CC1. The Labute approximate surface area is 270 Å². The highest BCUT2D eigenvalue weighted by atomic mass is 16.6. The number of amides is 1. The van der Waals surface area contributed by atoms with Crippen molar-refractivity contribution in [2.24, 2.45) is 5.92 Å². The zero-order chi connectivity index (χ0) is 31.3. The highest BCUT2D eigenvalue weighted by Gasteiger charge is 2.33. The van der Waals surface area contributed by atoms with E-state index in [0.29, 0.717) is 5.78 Å². The van der Waals surface area contributed by atoms with Crippen LogP contribution in [-0.2, 0) is 4.74 Å². The number of carbonyl (C=O) groups is 2.